The predicted octanol–water partition coefficient (Wildman–Crippen LogP) is 4.02. The van der Waals surface area contributed by atoms with E-state index in [2.05, 4.69) is 27.7 Å². The first-order valence-electron chi connectivity index (χ1n) is 8.79. The largest absolute Gasteiger partial charge is 0.511 e. The Morgan fingerprint density at radius 1 is 1.41 bits per heavy atom. The summed E-state index contributed by atoms with van der Waals surface area (Å²) in [7, 11) is 0. The lowest BCUT2D eigenvalue weighted by Gasteiger charge is -2.35. The number of aryl methyl sites for hydroxylation is 1. The Hall–Kier alpha value is -1.32. The summed E-state index contributed by atoms with van der Waals surface area (Å²) >= 11 is 0. The van der Waals surface area contributed by atoms with E-state index in [1.807, 2.05) is 17.1 Å². The molecule has 1 aromatic heterocycles. The molecule has 0 aliphatic heterocycles. The van der Waals surface area contributed by atoms with Crippen LogP contribution in [0.1, 0.15) is 59.8 Å². The monoisotopic (exact) mass is 307 g/mol. The van der Waals surface area contributed by atoms with Crippen LogP contribution in [-0.4, -0.2) is 16.8 Å². The zero-order valence-electron chi connectivity index (χ0n) is 14.5. The molecular formula is C18H31N2O2+. The first-order chi connectivity index (χ1) is 10.5. The van der Waals surface area contributed by atoms with Crippen molar-refractivity contribution in [1.82, 2.24) is 4.57 Å². The molecule has 1 heterocycles. The topological polar surface area (TPSA) is 35.1 Å². The van der Waals surface area contributed by atoms with Gasteiger partial charge in [-0.3, -0.25) is 0 Å². The van der Waals surface area contributed by atoms with Crippen molar-refractivity contribution in [3.05, 3.63) is 18.7 Å². The van der Waals surface area contributed by atoms with Crippen molar-refractivity contribution in [2.24, 2.45) is 17.8 Å². The van der Waals surface area contributed by atoms with E-state index in [1.165, 1.54) is 12.8 Å². The molecule has 1 aliphatic rings. The molecule has 22 heavy (non-hydrogen) atoms. The van der Waals surface area contributed by atoms with Crippen molar-refractivity contribution < 1.29 is 14.1 Å². The Balaban J connectivity index is 1.98. The van der Waals surface area contributed by atoms with Gasteiger partial charge < -0.3 is 4.74 Å². The number of unbranched alkanes of at least 4 members (excludes halogenated alkanes) is 1. The molecule has 0 N–H and O–H groups in total. The van der Waals surface area contributed by atoms with Gasteiger partial charge in [-0.05, 0) is 37.0 Å². The summed E-state index contributed by atoms with van der Waals surface area (Å²) < 4.78 is 9.48. The maximum Gasteiger partial charge on any atom is 0.511 e. The lowest BCUT2D eigenvalue weighted by Crippen LogP contribution is -2.37. The van der Waals surface area contributed by atoms with E-state index in [0.717, 1.165) is 25.8 Å². The highest BCUT2D eigenvalue weighted by atomic mass is 16.6. The van der Waals surface area contributed by atoms with Crippen molar-refractivity contribution in [2.45, 2.75) is 72.4 Å². The summed E-state index contributed by atoms with van der Waals surface area (Å²) in [6.45, 7) is 9.84. The molecule has 0 bridgehead atoms. The van der Waals surface area contributed by atoms with Gasteiger partial charge in [0.15, 0.2) is 0 Å². The second-order valence-corrected chi connectivity index (χ2v) is 7.16. The lowest BCUT2D eigenvalue weighted by atomic mass is 9.75. The minimum Gasteiger partial charge on any atom is -0.427 e. The van der Waals surface area contributed by atoms with Crippen LogP contribution >= 0.6 is 0 Å². The molecule has 0 unspecified atom stereocenters. The summed E-state index contributed by atoms with van der Waals surface area (Å²) in [5.74, 6) is 1.69. The molecule has 0 aromatic carbocycles. The van der Waals surface area contributed by atoms with Crippen LogP contribution < -0.4 is 4.57 Å². The lowest BCUT2D eigenvalue weighted by molar-refractivity contribution is -0.696. The zero-order valence-corrected chi connectivity index (χ0v) is 14.5. The molecule has 1 aromatic rings. The number of nitrogens with zero attached hydrogens (tertiary/aromatic N) is 2. The molecule has 2 rings (SSSR count). The van der Waals surface area contributed by atoms with Crippen molar-refractivity contribution in [1.29, 1.82) is 0 Å². The van der Waals surface area contributed by atoms with Crippen LogP contribution in [0.4, 0.5) is 4.79 Å². The van der Waals surface area contributed by atoms with Crippen LogP contribution in [0.25, 0.3) is 0 Å². The average molecular weight is 307 g/mol. The average Bonchev–Trinajstić information content (AvgIpc) is 2.93. The van der Waals surface area contributed by atoms with E-state index >= 15 is 0 Å². The van der Waals surface area contributed by atoms with Crippen LogP contribution in [0, 0.1) is 17.8 Å². The summed E-state index contributed by atoms with van der Waals surface area (Å²) in [6, 6.07) is 0. The summed E-state index contributed by atoms with van der Waals surface area (Å²) in [4.78, 5) is 12.4. The number of hydrogen-bond donors (Lipinski definition) is 0. The van der Waals surface area contributed by atoms with E-state index in [0.29, 0.717) is 17.8 Å². The molecule has 0 amide bonds. The zero-order chi connectivity index (χ0) is 16.1. The smallest absolute Gasteiger partial charge is 0.427 e. The van der Waals surface area contributed by atoms with Gasteiger partial charge in [0.1, 0.15) is 18.5 Å². The Bertz CT molecular complexity index is 481. The number of hydrogen-bond acceptors (Lipinski definition) is 2. The summed E-state index contributed by atoms with van der Waals surface area (Å²) in [5, 5.41) is 0. The van der Waals surface area contributed by atoms with Crippen LogP contribution in [0.3, 0.4) is 0 Å². The summed E-state index contributed by atoms with van der Waals surface area (Å²) in [6.07, 6.45) is 11.1. The van der Waals surface area contributed by atoms with Crippen molar-refractivity contribution in [3.63, 3.8) is 0 Å². The van der Waals surface area contributed by atoms with Gasteiger partial charge in [0.25, 0.3) is 6.33 Å². The number of rotatable bonds is 5. The minimum absolute atomic E-state index is 0.0581. The fourth-order valence-electron chi connectivity index (χ4n) is 3.42. The van der Waals surface area contributed by atoms with Crippen molar-refractivity contribution >= 4 is 6.09 Å². The third kappa shape index (κ3) is 4.34. The fourth-order valence-corrected chi connectivity index (χ4v) is 3.42. The maximum absolute atomic E-state index is 12.4. The summed E-state index contributed by atoms with van der Waals surface area (Å²) in [5.41, 5.74) is 0. The molecule has 3 atom stereocenters. The molecule has 1 fully saturated rings. The molecule has 124 valence electrons. The van der Waals surface area contributed by atoms with Gasteiger partial charge in [-0.2, -0.15) is 4.79 Å². The quantitative estimate of drug-likeness (QED) is 0.770. The van der Waals surface area contributed by atoms with Gasteiger partial charge in [0, 0.05) is 0 Å². The molecule has 0 radical (unpaired) electrons. The van der Waals surface area contributed by atoms with E-state index in [1.54, 1.807) is 10.8 Å². The second-order valence-electron chi connectivity index (χ2n) is 7.16. The van der Waals surface area contributed by atoms with Gasteiger partial charge in [0.05, 0.1) is 6.54 Å². The SMILES string of the molecule is CCCC[n+]1ccn(C(=O)O[C@@H]2C[C@H](C)CC[C@H]2C(C)C)c1. The minimum atomic E-state index is -0.236. The fraction of sp³-hybridized carbons (Fsp3) is 0.778. The van der Waals surface area contributed by atoms with Gasteiger partial charge in [0.2, 0.25) is 0 Å². The van der Waals surface area contributed by atoms with E-state index in [4.69, 9.17) is 4.74 Å². The number of imidazole rings is 1. The van der Waals surface area contributed by atoms with Crippen LogP contribution in [-0.2, 0) is 11.3 Å². The van der Waals surface area contributed by atoms with E-state index in [-0.39, 0.29) is 12.2 Å². The van der Waals surface area contributed by atoms with E-state index < -0.39 is 0 Å². The normalized spacial score (nSPS) is 25.4. The van der Waals surface area contributed by atoms with Crippen molar-refractivity contribution in [2.75, 3.05) is 0 Å². The molecule has 4 heteroatoms. The van der Waals surface area contributed by atoms with Gasteiger partial charge in [-0.25, -0.2) is 4.57 Å². The van der Waals surface area contributed by atoms with Gasteiger partial charge in [-0.15, -0.1) is 4.57 Å². The number of aromatic nitrogens is 2. The Morgan fingerprint density at radius 3 is 2.86 bits per heavy atom. The molecule has 0 saturated heterocycles. The molecule has 0 spiro atoms. The third-order valence-electron chi connectivity index (χ3n) is 4.89. The molecule has 4 nitrogen and oxygen atoms in total. The molecular weight excluding hydrogens is 276 g/mol. The molecule has 1 saturated carbocycles. The first kappa shape index (κ1) is 17.0. The maximum atomic E-state index is 12.4. The number of carbonyl (C=O) groups is 1. The number of carbonyl (C=O) groups excluding carboxylic acids is 1. The van der Waals surface area contributed by atoms with Crippen molar-refractivity contribution in [3.8, 4) is 0 Å². The second kappa shape index (κ2) is 7.80. The van der Waals surface area contributed by atoms with Crippen LogP contribution in [0.5, 0.6) is 0 Å². The predicted molar refractivity (Wildman–Crippen MR) is 86.5 cm³/mol. The Kier molecular flexibility index (Phi) is 6.04. The Labute approximate surface area is 134 Å². The van der Waals surface area contributed by atoms with Gasteiger partial charge >= 0.3 is 6.09 Å². The van der Waals surface area contributed by atoms with Crippen LogP contribution in [0.15, 0.2) is 18.7 Å². The van der Waals surface area contributed by atoms with Crippen LogP contribution in [0.2, 0.25) is 0 Å². The van der Waals surface area contributed by atoms with E-state index in [9.17, 15) is 4.79 Å². The third-order valence-corrected chi connectivity index (χ3v) is 4.89. The molecule has 1 aliphatic carbocycles. The highest BCUT2D eigenvalue weighted by molar-refractivity contribution is 5.70. The Morgan fingerprint density at radius 2 is 2.18 bits per heavy atom. The standard InChI is InChI=1S/C18H31N2O2/c1-5-6-9-19-10-11-20(13-19)18(21)22-17-12-15(4)7-8-16(17)14(2)3/h10-11,13-17H,5-9,12H2,1-4H3/q+1/t15-,16+,17-/m1/s1. The van der Waals surface area contributed by atoms with Gasteiger partial charge in [-0.1, -0.05) is 40.5 Å². The highest BCUT2D eigenvalue weighted by Gasteiger charge is 2.34. The highest BCUT2D eigenvalue weighted by Crippen LogP contribution is 2.35. The number of ether oxygens (including phenoxy) is 1. The first-order valence-corrected chi connectivity index (χ1v) is 8.79.